The van der Waals surface area contributed by atoms with Gasteiger partial charge < -0.3 is 20.1 Å². The van der Waals surface area contributed by atoms with Gasteiger partial charge in [0.05, 0.1) is 56.5 Å². The quantitative estimate of drug-likeness (QED) is 0.132. The summed E-state index contributed by atoms with van der Waals surface area (Å²) in [5.41, 5.74) is 5.42. The van der Waals surface area contributed by atoms with Crippen LogP contribution in [0.25, 0.3) is 39.0 Å². The summed E-state index contributed by atoms with van der Waals surface area (Å²) in [6.07, 6.45) is 13.5. The Morgan fingerprint density at radius 2 is 1.19 bits per heavy atom. The number of carbonyl (C=O) groups is 3. The predicted octanol–water partition coefficient (Wildman–Crippen LogP) is 13.0. The third-order valence-electron chi connectivity index (χ3n) is 13.8. The van der Waals surface area contributed by atoms with Gasteiger partial charge >= 0.3 is 0 Å². The van der Waals surface area contributed by atoms with Crippen molar-refractivity contribution in [1.29, 1.82) is 0 Å². The van der Waals surface area contributed by atoms with Crippen LogP contribution in [0.4, 0.5) is 28.9 Å². The predicted molar refractivity (Wildman–Crippen MR) is 278 cm³/mol. The third kappa shape index (κ3) is 10.9. The van der Waals surface area contributed by atoms with E-state index in [1.807, 2.05) is 68.4 Å². The fraction of sp³-hybridized carbons (Fsp3) is 0.246. The van der Waals surface area contributed by atoms with Crippen LogP contribution in [0.3, 0.4) is 0 Å². The summed E-state index contributed by atoms with van der Waals surface area (Å²) in [5.74, 6) is -4.30. The first kappa shape index (κ1) is 51.4. The molecular weight excluding hydrogens is 994 g/mol. The van der Waals surface area contributed by atoms with Crippen LogP contribution in [0.2, 0.25) is 10.0 Å². The smallest absolute Gasteiger partial charge is 0.251 e. The average molecular weight is 1040 g/mol. The summed E-state index contributed by atoms with van der Waals surface area (Å²) in [6, 6.07) is 23.3. The van der Waals surface area contributed by atoms with Crippen molar-refractivity contribution in [3.63, 3.8) is 0 Å². The second-order valence-corrected chi connectivity index (χ2v) is 19.4. The molecule has 11 nitrogen and oxygen atoms in total. The van der Waals surface area contributed by atoms with Crippen molar-refractivity contribution in [3.8, 4) is 33.4 Å². The summed E-state index contributed by atoms with van der Waals surface area (Å²) in [6.45, 7) is 4.02. The molecule has 0 saturated carbocycles. The van der Waals surface area contributed by atoms with Crippen molar-refractivity contribution in [2.45, 2.75) is 70.9 Å². The van der Waals surface area contributed by atoms with Gasteiger partial charge in [-0.2, -0.15) is 0 Å². The number of carbonyl (C=O) groups excluding carboxylic acids is 3. The summed E-state index contributed by atoms with van der Waals surface area (Å²) in [4.78, 5) is 67.3. The van der Waals surface area contributed by atoms with E-state index in [-0.39, 0.29) is 80.9 Å². The number of rotatable bonds is 4. The number of nitrogens with one attached hydrogen (secondary N) is 2. The lowest BCUT2D eigenvalue weighted by molar-refractivity contribution is -0.129. The number of pyridine rings is 4. The molecule has 7 heterocycles. The maximum absolute atomic E-state index is 14.6. The Morgan fingerprint density at radius 3 is 1.84 bits per heavy atom. The zero-order valence-electron chi connectivity index (χ0n) is 40.2. The van der Waals surface area contributed by atoms with Gasteiger partial charge in [0.25, 0.3) is 5.56 Å². The van der Waals surface area contributed by atoms with Crippen molar-refractivity contribution in [2.75, 3.05) is 17.2 Å². The van der Waals surface area contributed by atoms with Crippen LogP contribution in [-0.2, 0) is 14.4 Å². The summed E-state index contributed by atoms with van der Waals surface area (Å²) < 4.78 is 59.7. The third-order valence-corrected chi connectivity index (χ3v) is 14.4. The Balaban J connectivity index is 0.000000182. The Morgan fingerprint density at radius 1 is 0.608 bits per heavy atom. The standard InChI is InChI=1S/C29H24ClF2N3O2.C28H25ClF2N4O2/c1-17-5-4-8-25(24-15-18(11-13-33-24)20-6-2-3-7-23(20)34-29(17)37)35-14-12-19(16-26(35)36)27-22(31)10-9-21(30)28(27)32;1-16-3-2-4-24(22-13-17(7-11-33-22)19-8-10-32-15-23(19)34-28(16)37)35-12-9-18(14-25(35)36)26-21(30)6-5-20(29)27(26)31/h2-3,6-7,9-17,25H,4-5,8H2,1H3,(H,34,37);5-8,10-11,13-16,24H,2-4,9,12H2,1H3,(H,34,37)/t17-,25+;16-,24+/m11/s1. The van der Waals surface area contributed by atoms with Crippen molar-refractivity contribution in [1.82, 2.24) is 24.4 Å². The Labute approximate surface area is 434 Å². The Hall–Kier alpha value is -7.49. The SMILES string of the molecule is C[C@@H]1CCC[C@H](N2CCC(c3c(F)ccc(Cl)c3F)=CC2=O)c2cc(ccn2)-c2ccncc2NC1=O.C[C@@H]1CCC[C@H](n2ccc(-c3c(F)ccc(Cl)c3F)cc2=O)c2cc(ccn2)-c2ccccc2NC1=O. The van der Waals surface area contributed by atoms with Crippen LogP contribution in [0.1, 0.15) is 87.8 Å². The number of anilines is 2. The first-order chi connectivity index (χ1) is 35.7. The van der Waals surface area contributed by atoms with E-state index in [9.17, 15) is 36.7 Å². The largest absolute Gasteiger partial charge is 0.330 e. The molecule has 2 N–H and O–H groups in total. The first-order valence-corrected chi connectivity index (χ1v) is 25.0. The van der Waals surface area contributed by atoms with E-state index < -0.39 is 34.9 Å². The highest BCUT2D eigenvalue weighted by Crippen LogP contribution is 2.39. The minimum atomic E-state index is -0.912. The van der Waals surface area contributed by atoms with Gasteiger partial charge in [-0.3, -0.25) is 34.1 Å². The van der Waals surface area contributed by atoms with Crippen LogP contribution in [0, 0.1) is 35.1 Å². The molecule has 4 aromatic heterocycles. The highest BCUT2D eigenvalue weighted by Gasteiger charge is 2.32. The van der Waals surface area contributed by atoms with Gasteiger partial charge in [0.2, 0.25) is 17.7 Å². The van der Waals surface area contributed by atoms with Crippen LogP contribution in [0.5, 0.6) is 0 Å². The Bertz CT molecular complexity index is 3410. The molecule has 4 atom stereocenters. The van der Waals surface area contributed by atoms with Crippen molar-refractivity contribution in [2.24, 2.45) is 11.8 Å². The van der Waals surface area contributed by atoms with Crippen molar-refractivity contribution in [3.05, 3.63) is 189 Å². The fourth-order valence-corrected chi connectivity index (χ4v) is 10.1. The van der Waals surface area contributed by atoms with E-state index in [4.69, 9.17) is 23.2 Å². The lowest BCUT2D eigenvalue weighted by Crippen LogP contribution is -2.38. The zero-order valence-corrected chi connectivity index (χ0v) is 41.7. The topological polar surface area (TPSA) is 139 Å². The number of amides is 3. The van der Waals surface area contributed by atoms with Gasteiger partial charge in [-0.05, 0) is 121 Å². The minimum Gasteiger partial charge on any atom is -0.330 e. The summed E-state index contributed by atoms with van der Waals surface area (Å²) in [7, 11) is 0. The summed E-state index contributed by atoms with van der Waals surface area (Å²) in [5, 5.41) is 5.61. The molecule has 3 aromatic carbocycles. The number of halogens is 6. The second kappa shape index (κ2) is 22.3. The lowest BCUT2D eigenvalue weighted by atomic mass is 9.93. The monoisotopic (exact) mass is 1040 g/mol. The molecule has 0 unspecified atom stereocenters. The molecule has 3 aliphatic heterocycles. The van der Waals surface area contributed by atoms with E-state index in [0.29, 0.717) is 61.3 Å². The number of hydrogen-bond acceptors (Lipinski definition) is 7. The molecule has 0 spiro atoms. The molecule has 0 fully saturated rings. The number of para-hydroxylation sites is 1. The molecule has 7 aromatic rings. The van der Waals surface area contributed by atoms with E-state index in [0.717, 1.165) is 46.5 Å². The van der Waals surface area contributed by atoms with Gasteiger partial charge in [-0.25, -0.2) is 17.6 Å². The molecule has 10 rings (SSSR count). The molecule has 0 radical (unpaired) electrons. The van der Waals surface area contributed by atoms with Gasteiger partial charge in [-0.15, -0.1) is 0 Å². The molecule has 3 amide bonds. The number of benzene rings is 3. The highest BCUT2D eigenvalue weighted by molar-refractivity contribution is 6.31. The van der Waals surface area contributed by atoms with Gasteiger partial charge in [0, 0.05) is 72.1 Å². The van der Waals surface area contributed by atoms with Gasteiger partial charge in [-0.1, -0.05) is 68.1 Å². The molecule has 0 saturated heterocycles. The fourth-order valence-electron chi connectivity index (χ4n) is 9.77. The van der Waals surface area contributed by atoms with Gasteiger partial charge in [0.15, 0.2) is 11.6 Å². The van der Waals surface area contributed by atoms with Crippen molar-refractivity contribution >= 4 is 57.9 Å². The molecule has 4 bridgehead atoms. The van der Waals surface area contributed by atoms with Crippen LogP contribution in [-0.4, -0.2) is 48.7 Å². The highest BCUT2D eigenvalue weighted by atomic mass is 35.5. The van der Waals surface area contributed by atoms with E-state index >= 15 is 0 Å². The van der Waals surface area contributed by atoms with E-state index in [2.05, 4.69) is 25.6 Å². The molecular formula is C57H49Cl2F4N7O4. The second-order valence-electron chi connectivity index (χ2n) is 18.6. The van der Waals surface area contributed by atoms with Crippen LogP contribution >= 0.6 is 23.2 Å². The molecule has 17 heteroatoms. The average Bonchev–Trinajstić information content (AvgIpc) is 3.39. The normalized spacial score (nSPS) is 19.1. The molecule has 378 valence electrons. The molecule has 3 aliphatic rings. The maximum Gasteiger partial charge on any atom is 0.251 e. The number of fused-ring (bicyclic) bond motifs is 8. The number of nitrogens with zero attached hydrogens (tertiary/aromatic N) is 5. The molecule has 74 heavy (non-hydrogen) atoms. The van der Waals surface area contributed by atoms with E-state index in [1.165, 1.54) is 29.0 Å². The van der Waals surface area contributed by atoms with Crippen LogP contribution < -0.4 is 16.2 Å². The van der Waals surface area contributed by atoms with Crippen molar-refractivity contribution < 1.29 is 31.9 Å². The lowest BCUT2D eigenvalue weighted by Gasteiger charge is -2.34. The zero-order chi connectivity index (χ0) is 52.2. The Kier molecular flexibility index (Phi) is 15.5. The summed E-state index contributed by atoms with van der Waals surface area (Å²) >= 11 is 11.7. The van der Waals surface area contributed by atoms with E-state index in [1.54, 1.807) is 29.7 Å². The maximum atomic E-state index is 14.6. The number of aromatic nitrogens is 4. The number of hydrogen-bond donors (Lipinski definition) is 2. The first-order valence-electron chi connectivity index (χ1n) is 24.2. The minimum absolute atomic E-state index is 0.0639. The van der Waals surface area contributed by atoms with Gasteiger partial charge in [0.1, 0.15) is 11.6 Å². The van der Waals surface area contributed by atoms with Crippen LogP contribution in [0.15, 0.2) is 133 Å². The molecule has 0 aliphatic carbocycles.